The highest BCUT2D eigenvalue weighted by Crippen LogP contribution is 2.20. The Hall–Kier alpha value is -3.88. The minimum atomic E-state index is -1.35. The molecule has 0 fully saturated rings. The third-order valence-corrected chi connectivity index (χ3v) is 3.29. The van der Waals surface area contributed by atoms with Gasteiger partial charge in [0.1, 0.15) is 12.4 Å². The number of hydrogen-bond donors (Lipinski definition) is 4. The molecule has 0 aliphatic carbocycles. The molecule has 9 heteroatoms. The molecule has 0 amide bonds. The van der Waals surface area contributed by atoms with Gasteiger partial charge in [0.2, 0.25) is 0 Å². The third-order valence-electron chi connectivity index (χ3n) is 3.29. The van der Waals surface area contributed by atoms with Crippen molar-refractivity contribution in [3.05, 3.63) is 64.2 Å². The van der Waals surface area contributed by atoms with E-state index in [1.807, 2.05) is 0 Å². The topological polar surface area (TPSA) is 158 Å². The van der Waals surface area contributed by atoms with Crippen LogP contribution in [0.3, 0.4) is 0 Å². The van der Waals surface area contributed by atoms with Gasteiger partial charge in [0.25, 0.3) is 0 Å². The van der Waals surface area contributed by atoms with E-state index in [1.54, 1.807) is 0 Å². The van der Waals surface area contributed by atoms with E-state index in [2.05, 4.69) is 0 Å². The average molecular weight is 360 g/mol. The molecule has 0 saturated heterocycles. The molecule has 4 N–H and O–H groups in total. The lowest BCUT2D eigenvalue weighted by atomic mass is 10.1. The van der Waals surface area contributed by atoms with E-state index in [0.29, 0.717) is 0 Å². The van der Waals surface area contributed by atoms with Crippen LogP contribution in [0.2, 0.25) is 0 Å². The lowest BCUT2D eigenvalue weighted by molar-refractivity contribution is 0.0675. The molecule has 0 heterocycles. The van der Waals surface area contributed by atoms with Crippen LogP contribution in [-0.4, -0.2) is 44.3 Å². The molecule has 0 aromatic heterocycles. The Balaban J connectivity index is 2.33. The van der Waals surface area contributed by atoms with Gasteiger partial charge in [-0.25, -0.2) is 19.2 Å². The Bertz CT molecular complexity index is 774. The van der Waals surface area contributed by atoms with Crippen LogP contribution < -0.4 is 4.74 Å². The van der Waals surface area contributed by atoms with Gasteiger partial charge in [-0.15, -0.1) is 0 Å². The van der Waals surface area contributed by atoms with Crippen molar-refractivity contribution in [2.24, 2.45) is 0 Å². The highest BCUT2D eigenvalue weighted by Gasteiger charge is 2.14. The standard InChI is InChI=1S/C17H12O9/c18-14(19)9-1-8(2-10(3-9)15(20)21)7-26-13-5-11(16(22)23)4-12(6-13)17(24)25/h1-6H,7H2,(H,18,19)(H,20,21)(H,22,23)(H,24,25). The van der Waals surface area contributed by atoms with E-state index in [0.717, 1.165) is 24.3 Å². The maximum absolute atomic E-state index is 11.1. The van der Waals surface area contributed by atoms with Crippen LogP contribution in [0.4, 0.5) is 0 Å². The summed E-state index contributed by atoms with van der Waals surface area (Å²) in [7, 11) is 0. The fraction of sp³-hybridized carbons (Fsp3) is 0.0588. The molecule has 26 heavy (non-hydrogen) atoms. The van der Waals surface area contributed by atoms with Gasteiger partial charge in [-0.05, 0) is 42.0 Å². The number of ether oxygens (including phenoxy) is 1. The first-order valence-corrected chi connectivity index (χ1v) is 7.02. The SMILES string of the molecule is O=C(O)c1cc(COc2cc(C(=O)O)cc(C(=O)O)c2)cc(C(=O)O)c1. The summed E-state index contributed by atoms with van der Waals surface area (Å²) in [4.78, 5) is 44.3. The van der Waals surface area contributed by atoms with Crippen LogP contribution in [0.1, 0.15) is 47.0 Å². The van der Waals surface area contributed by atoms with E-state index >= 15 is 0 Å². The van der Waals surface area contributed by atoms with E-state index in [1.165, 1.54) is 12.1 Å². The Morgan fingerprint density at radius 2 is 0.962 bits per heavy atom. The third kappa shape index (κ3) is 4.35. The normalized spacial score (nSPS) is 10.2. The molecular weight excluding hydrogens is 348 g/mol. The highest BCUT2D eigenvalue weighted by molar-refractivity contribution is 5.95. The molecule has 2 aromatic carbocycles. The average Bonchev–Trinajstić information content (AvgIpc) is 2.59. The summed E-state index contributed by atoms with van der Waals surface area (Å²) in [6.45, 7) is -0.288. The molecule has 0 atom stereocenters. The Kier molecular flexibility index (Phi) is 5.21. The van der Waals surface area contributed by atoms with Crippen LogP contribution in [-0.2, 0) is 6.61 Å². The van der Waals surface area contributed by atoms with Gasteiger partial charge >= 0.3 is 23.9 Å². The predicted molar refractivity (Wildman–Crippen MR) is 85.1 cm³/mol. The summed E-state index contributed by atoms with van der Waals surface area (Å²) < 4.78 is 5.33. The predicted octanol–water partition coefficient (Wildman–Crippen LogP) is 2.06. The van der Waals surface area contributed by atoms with E-state index in [4.69, 9.17) is 25.2 Å². The van der Waals surface area contributed by atoms with Gasteiger partial charge in [-0.2, -0.15) is 0 Å². The van der Waals surface area contributed by atoms with Crippen molar-refractivity contribution >= 4 is 23.9 Å². The van der Waals surface area contributed by atoms with Crippen molar-refractivity contribution in [1.82, 2.24) is 0 Å². The van der Waals surface area contributed by atoms with Crippen molar-refractivity contribution in [2.45, 2.75) is 6.61 Å². The molecule has 134 valence electrons. The summed E-state index contributed by atoms with van der Waals surface area (Å²) in [6.07, 6.45) is 0. The number of hydrogen-bond acceptors (Lipinski definition) is 5. The van der Waals surface area contributed by atoms with Crippen LogP contribution in [0, 0.1) is 0 Å². The highest BCUT2D eigenvalue weighted by atomic mass is 16.5. The van der Waals surface area contributed by atoms with Gasteiger partial charge < -0.3 is 25.2 Å². The first kappa shape index (κ1) is 18.5. The smallest absolute Gasteiger partial charge is 0.335 e. The van der Waals surface area contributed by atoms with E-state index in [-0.39, 0.29) is 40.2 Å². The van der Waals surface area contributed by atoms with Crippen molar-refractivity contribution in [3.8, 4) is 5.75 Å². The molecule has 9 nitrogen and oxygen atoms in total. The number of rotatable bonds is 7. The lowest BCUT2D eigenvalue weighted by Crippen LogP contribution is -2.07. The molecule has 2 rings (SSSR count). The minimum absolute atomic E-state index is 0.0695. The molecule has 0 spiro atoms. The molecular formula is C17H12O9. The zero-order valence-corrected chi connectivity index (χ0v) is 13.0. The molecule has 0 bridgehead atoms. The number of benzene rings is 2. The van der Waals surface area contributed by atoms with Crippen LogP contribution >= 0.6 is 0 Å². The fourth-order valence-electron chi connectivity index (χ4n) is 2.12. The zero-order valence-electron chi connectivity index (χ0n) is 13.0. The molecule has 0 aliphatic rings. The number of carboxylic acids is 4. The summed E-state index contributed by atoms with van der Waals surface area (Å²) >= 11 is 0. The van der Waals surface area contributed by atoms with Crippen LogP contribution in [0.5, 0.6) is 5.75 Å². The largest absolute Gasteiger partial charge is 0.489 e. The Labute approximate surface area is 145 Å². The summed E-state index contributed by atoms with van der Waals surface area (Å²) in [5, 5.41) is 36.1. The summed E-state index contributed by atoms with van der Waals surface area (Å²) in [6, 6.07) is 6.57. The van der Waals surface area contributed by atoms with E-state index < -0.39 is 23.9 Å². The maximum atomic E-state index is 11.1. The molecule has 0 aliphatic heterocycles. The van der Waals surface area contributed by atoms with Crippen molar-refractivity contribution < 1.29 is 44.3 Å². The molecule has 0 saturated carbocycles. The summed E-state index contributed by atoms with van der Waals surface area (Å²) in [5.41, 5.74) is -0.904. The second-order valence-corrected chi connectivity index (χ2v) is 5.17. The maximum Gasteiger partial charge on any atom is 0.335 e. The van der Waals surface area contributed by atoms with E-state index in [9.17, 15) is 19.2 Å². The quantitative estimate of drug-likeness (QED) is 0.579. The second kappa shape index (κ2) is 7.34. The van der Waals surface area contributed by atoms with Crippen molar-refractivity contribution in [2.75, 3.05) is 0 Å². The Morgan fingerprint density at radius 1 is 0.615 bits per heavy atom. The zero-order chi connectivity index (χ0) is 19.4. The second-order valence-electron chi connectivity index (χ2n) is 5.17. The van der Waals surface area contributed by atoms with Gasteiger partial charge in [0.05, 0.1) is 22.3 Å². The van der Waals surface area contributed by atoms with Crippen molar-refractivity contribution in [3.63, 3.8) is 0 Å². The number of aromatic carboxylic acids is 4. The van der Waals surface area contributed by atoms with Gasteiger partial charge in [0, 0.05) is 0 Å². The van der Waals surface area contributed by atoms with Crippen LogP contribution in [0.25, 0.3) is 0 Å². The van der Waals surface area contributed by atoms with Crippen LogP contribution in [0.15, 0.2) is 36.4 Å². The number of carbonyl (C=O) groups is 4. The lowest BCUT2D eigenvalue weighted by Gasteiger charge is -2.10. The van der Waals surface area contributed by atoms with Gasteiger partial charge in [0.15, 0.2) is 0 Å². The van der Waals surface area contributed by atoms with Gasteiger partial charge in [-0.1, -0.05) is 0 Å². The van der Waals surface area contributed by atoms with Crippen molar-refractivity contribution in [1.29, 1.82) is 0 Å². The number of carboxylic acid groups (broad SMARTS) is 4. The van der Waals surface area contributed by atoms with Gasteiger partial charge in [-0.3, -0.25) is 0 Å². The minimum Gasteiger partial charge on any atom is -0.489 e. The first-order valence-electron chi connectivity index (χ1n) is 7.02. The fourth-order valence-corrected chi connectivity index (χ4v) is 2.12. The molecule has 0 radical (unpaired) electrons. The molecule has 2 aromatic rings. The Morgan fingerprint density at radius 3 is 1.31 bits per heavy atom. The monoisotopic (exact) mass is 360 g/mol. The first-order chi connectivity index (χ1) is 12.2. The summed E-state index contributed by atoms with van der Waals surface area (Å²) in [5.74, 6) is -5.41. The molecule has 0 unspecified atom stereocenters.